The molecule has 0 unspecified atom stereocenters. The number of unbranched alkanes of at least 4 members (excludes halogenated alkanes) is 4. The smallest absolute Gasteiger partial charge is 0.408 e. The lowest BCUT2D eigenvalue weighted by Crippen LogP contribution is -2.48. The van der Waals surface area contributed by atoms with E-state index in [-0.39, 0.29) is 17.6 Å². The van der Waals surface area contributed by atoms with Crippen LogP contribution in [0.5, 0.6) is 11.5 Å². The van der Waals surface area contributed by atoms with Crippen LogP contribution in [0.2, 0.25) is 0 Å². The van der Waals surface area contributed by atoms with Crippen molar-refractivity contribution in [1.29, 1.82) is 0 Å². The highest BCUT2D eigenvalue weighted by Crippen LogP contribution is 2.38. The normalized spacial score (nSPS) is 17.3. The number of benzene rings is 1. The number of fused-ring (bicyclic) bond motifs is 1. The first-order valence-electron chi connectivity index (χ1n) is 16.3. The number of carbonyl (C=O) groups excluding carboxylic acids is 3. The SMILES string of the molecule is CCCCCCCC(=O)C[C@H](CN1CCCC1)[C@H](OC(=O)[C@@H](NC(=O)OC(C)(C)C)C(C)C)c1ccc2c(c1)OCCO2. The lowest BCUT2D eigenvalue weighted by molar-refractivity contribution is -0.157. The van der Waals surface area contributed by atoms with Crippen LogP contribution < -0.4 is 14.8 Å². The van der Waals surface area contributed by atoms with Gasteiger partial charge in [-0.25, -0.2) is 9.59 Å². The van der Waals surface area contributed by atoms with Crippen molar-refractivity contribution < 1.29 is 33.3 Å². The Bertz CT molecular complexity index is 1050. The van der Waals surface area contributed by atoms with E-state index in [0.717, 1.165) is 57.2 Å². The molecule has 242 valence electrons. The third-order valence-electron chi connectivity index (χ3n) is 7.90. The second-order valence-corrected chi connectivity index (χ2v) is 13.3. The molecular weight excluding hydrogens is 548 g/mol. The zero-order valence-electron chi connectivity index (χ0n) is 27.2. The van der Waals surface area contributed by atoms with E-state index < -0.39 is 29.8 Å². The second kappa shape index (κ2) is 16.9. The Kier molecular flexibility index (Phi) is 13.6. The number of carbonyl (C=O) groups is 3. The molecule has 2 heterocycles. The molecule has 1 amide bonds. The molecule has 3 atom stereocenters. The lowest BCUT2D eigenvalue weighted by Gasteiger charge is -2.33. The molecule has 1 fully saturated rings. The van der Waals surface area contributed by atoms with Gasteiger partial charge in [0.25, 0.3) is 0 Å². The molecule has 2 aliphatic heterocycles. The Morgan fingerprint density at radius 3 is 2.30 bits per heavy atom. The number of likely N-dealkylation sites (tertiary alicyclic amines) is 1. The van der Waals surface area contributed by atoms with E-state index in [9.17, 15) is 14.4 Å². The van der Waals surface area contributed by atoms with Crippen LogP contribution in [0.3, 0.4) is 0 Å². The third kappa shape index (κ3) is 11.7. The Labute approximate surface area is 258 Å². The maximum absolute atomic E-state index is 13.8. The molecule has 3 rings (SSSR count). The number of hydrogen-bond acceptors (Lipinski definition) is 8. The first-order chi connectivity index (χ1) is 20.5. The highest BCUT2D eigenvalue weighted by Gasteiger charge is 2.36. The number of esters is 1. The van der Waals surface area contributed by atoms with Crippen LogP contribution in [0.4, 0.5) is 4.79 Å². The molecule has 1 saturated heterocycles. The fourth-order valence-electron chi connectivity index (χ4n) is 5.69. The molecular formula is C34H54N2O7. The predicted molar refractivity (Wildman–Crippen MR) is 166 cm³/mol. The van der Waals surface area contributed by atoms with Gasteiger partial charge in [-0.3, -0.25) is 4.79 Å². The van der Waals surface area contributed by atoms with E-state index in [1.807, 2.05) is 32.0 Å². The van der Waals surface area contributed by atoms with Gasteiger partial charge >= 0.3 is 12.1 Å². The molecule has 1 aromatic carbocycles. The Morgan fingerprint density at radius 2 is 1.65 bits per heavy atom. The average Bonchev–Trinajstić information content (AvgIpc) is 3.46. The minimum absolute atomic E-state index is 0.187. The fourth-order valence-corrected chi connectivity index (χ4v) is 5.69. The van der Waals surface area contributed by atoms with Crippen molar-refractivity contribution in [1.82, 2.24) is 10.2 Å². The van der Waals surface area contributed by atoms with E-state index in [4.69, 9.17) is 18.9 Å². The minimum atomic E-state index is -0.920. The van der Waals surface area contributed by atoms with Gasteiger partial charge in [-0.1, -0.05) is 52.5 Å². The van der Waals surface area contributed by atoms with Crippen LogP contribution in [-0.2, 0) is 19.1 Å². The summed E-state index contributed by atoms with van der Waals surface area (Å²) >= 11 is 0. The Balaban J connectivity index is 1.88. The average molecular weight is 603 g/mol. The van der Waals surface area contributed by atoms with Gasteiger partial charge in [0, 0.05) is 25.3 Å². The summed E-state index contributed by atoms with van der Waals surface area (Å²) in [6.45, 7) is 14.7. The van der Waals surface area contributed by atoms with Gasteiger partial charge in [-0.2, -0.15) is 0 Å². The molecule has 9 nitrogen and oxygen atoms in total. The summed E-state index contributed by atoms with van der Waals surface area (Å²) in [5, 5.41) is 2.72. The number of hydrogen-bond donors (Lipinski definition) is 1. The van der Waals surface area contributed by atoms with E-state index in [1.165, 1.54) is 6.42 Å². The number of amides is 1. The van der Waals surface area contributed by atoms with Gasteiger partial charge in [0.1, 0.15) is 36.7 Å². The maximum Gasteiger partial charge on any atom is 0.408 e. The summed E-state index contributed by atoms with van der Waals surface area (Å²) < 4.78 is 23.4. The van der Waals surface area contributed by atoms with Crippen LogP contribution in [0.25, 0.3) is 0 Å². The molecule has 0 aliphatic carbocycles. The van der Waals surface area contributed by atoms with Crippen LogP contribution in [-0.4, -0.2) is 67.2 Å². The Hall–Kier alpha value is -2.81. The van der Waals surface area contributed by atoms with E-state index >= 15 is 0 Å². The number of rotatable bonds is 16. The fraction of sp³-hybridized carbons (Fsp3) is 0.735. The number of alkyl carbamates (subject to hydrolysis) is 1. The first kappa shape index (κ1) is 34.7. The molecule has 1 aromatic rings. The van der Waals surface area contributed by atoms with Crippen molar-refractivity contribution in [2.24, 2.45) is 11.8 Å². The highest BCUT2D eigenvalue weighted by molar-refractivity contribution is 5.82. The summed E-state index contributed by atoms with van der Waals surface area (Å²) in [6.07, 6.45) is 7.07. The van der Waals surface area contributed by atoms with Crippen molar-refractivity contribution in [2.45, 2.75) is 117 Å². The number of nitrogens with one attached hydrogen (secondary N) is 1. The molecule has 0 aromatic heterocycles. The van der Waals surface area contributed by atoms with Crippen molar-refractivity contribution >= 4 is 17.8 Å². The summed E-state index contributed by atoms with van der Waals surface area (Å²) in [5.41, 5.74) is 0.0402. The molecule has 2 aliphatic rings. The third-order valence-corrected chi connectivity index (χ3v) is 7.90. The molecule has 9 heteroatoms. The molecule has 43 heavy (non-hydrogen) atoms. The van der Waals surface area contributed by atoms with Gasteiger partial charge in [0.2, 0.25) is 0 Å². The van der Waals surface area contributed by atoms with Crippen LogP contribution >= 0.6 is 0 Å². The monoisotopic (exact) mass is 602 g/mol. The molecule has 1 N–H and O–H groups in total. The highest BCUT2D eigenvalue weighted by atomic mass is 16.6. The lowest BCUT2D eigenvalue weighted by atomic mass is 9.88. The van der Waals surface area contributed by atoms with Crippen molar-refractivity contribution in [3.63, 3.8) is 0 Å². The summed E-state index contributed by atoms with van der Waals surface area (Å²) in [6, 6.07) is 4.68. The molecule has 0 spiro atoms. The summed E-state index contributed by atoms with van der Waals surface area (Å²) in [7, 11) is 0. The van der Waals surface area contributed by atoms with E-state index in [2.05, 4.69) is 17.1 Å². The summed E-state index contributed by atoms with van der Waals surface area (Å²) in [5.74, 6) is 0.362. The number of nitrogens with zero attached hydrogens (tertiary/aromatic N) is 1. The molecule has 0 radical (unpaired) electrons. The number of Topliss-reactive ketones (excluding diaryl/α,β-unsaturated/α-hetero) is 1. The van der Waals surface area contributed by atoms with Crippen molar-refractivity contribution in [2.75, 3.05) is 32.8 Å². The molecule has 0 saturated carbocycles. The first-order valence-corrected chi connectivity index (χ1v) is 16.3. The van der Waals surface area contributed by atoms with Gasteiger partial charge in [-0.15, -0.1) is 0 Å². The standard InChI is InChI=1S/C34H54N2O7/c1-7-8-9-10-11-14-27(37)21-26(23-36-17-12-13-18-36)31(25-15-16-28-29(22-25)41-20-19-40-28)42-32(38)30(24(2)3)35-33(39)43-34(4,5)6/h15-16,22,24,26,30-31H,7-14,17-21,23H2,1-6H3,(H,35,39)/t26-,30+,31-/m1/s1. The van der Waals surface area contributed by atoms with Crippen LogP contribution in [0, 0.1) is 11.8 Å². The van der Waals surface area contributed by atoms with Gasteiger partial charge < -0.3 is 29.2 Å². The van der Waals surface area contributed by atoms with Gasteiger partial charge in [0.05, 0.1) is 0 Å². The zero-order chi connectivity index (χ0) is 31.4. The summed E-state index contributed by atoms with van der Waals surface area (Å²) in [4.78, 5) is 42.2. The second-order valence-electron chi connectivity index (χ2n) is 13.3. The van der Waals surface area contributed by atoms with Gasteiger partial charge in [-0.05, 0) is 76.7 Å². The van der Waals surface area contributed by atoms with E-state index in [0.29, 0.717) is 44.1 Å². The van der Waals surface area contributed by atoms with Crippen molar-refractivity contribution in [3.8, 4) is 11.5 Å². The Morgan fingerprint density at radius 1 is 0.977 bits per heavy atom. The van der Waals surface area contributed by atoms with Gasteiger partial charge in [0.15, 0.2) is 11.5 Å². The number of ketones is 1. The largest absolute Gasteiger partial charge is 0.486 e. The van der Waals surface area contributed by atoms with Crippen LogP contribution in [0.1, 0.15) is 111 Å². The maximum atomic E-state index is 13.8. The predicted octanol–water partition coefficient (Wildman–Crippen LogP) is 6.62. The quantitative estimate of drug-likeness (QED) is 0.166. The topological polar surface area (TPSA) is 103 Å². The zero-order valence-corrected chi connectivity index (χ0v) is 27.2. The minimum Gasteiger partial charge on any atom is -0.486 e. The van der Waals surface area contributed by atoms with Crippen LogP contribution in [0.15, 0.2) is 18.2 Å². The van der Waals surface area contributed by atoms with E-state index in [1.54, 1.807) is 20.8 Å². The van der Waals surface area contributed by atoms with Crippen molar-refractivity contribution in [3.05, 3.63) is 23.8 Å². The number of ether oxygens (including phenoxy) is 4. The molecule has 0 bridgehead atoms.